The second-order valence-corrected chi connectivity index (χ2v) is 9.40. The Morgan fingerprint density at radius 2 is 1.31 bits per heavy atom. The molecule has 5 aliphatic rings. The van der Waals surface area contributed by atoms with Crippen LogP contribution in [0.25, 0.3) is 0 Å². The lowest BCUT2D eigenvalue weighted by atomic mass is 9.73. The van der Waals surface area contributed by atoms with Crippen LogP contribution in [0, 0.1) is 0 Å². The Hall–Kier alpha value is -1.10. The molecule has 2 nitrogen and oxygen atoms in total. The van der Waals surface area contributed by atoms with E-state index >= 15 is 0 Å². The minimum Gasteiger partial charge on any atom is -0.399 e. The first-order chi connectivity index (χ1) is 12.2. The van der Waals surface area contributed by atoms with E-state index in [1.54, 1.807) is 0 Å². The number of hydrogen-bond donors (Lipinski definition) is 0. The average molecular weight is 413 g/mol. The van der Waals surface area contributed by atoms with Crippen LogP contribution >= 0.6 is 15.9 Å². The zero-order valence-electron chi connectivity index (χ0n) is 16.1. The topological polar surface area (TPSA) is 18.5 Å². The summed E-state index contributed by atoms with van der Waals surface area (Å²) in [7, 11) is -0.287. The third-order valence-corrected chi connectivity index (χ3v) is 6.94. The van der Waals surface area contributed by atoms with Gasteiger partial charge in [-0.1, -0.05) is 46.3 Å². The zero-order chi connectivity index (χ0) is 18.5. The molecule has 7 rings (SSSR count). The molecule has 0 saturated carbocycles. The first kappa shape index (κ1) is 18.3. The molecule has 4 heteroatoms. The predicted molar refractivity (Wildman–Crippen MR) is 111 cm³/mol. The van der Waals surface area contributed by atoms with E-state index in [9.17, 15) is 0 Å². The van der Waals surface area contributed by atoms with Crippen molar-refractivity contribution >= 4 is 28.5 Å². The molecule has 0 amide bonds. The fourth-order valence-corrected chi connectivity index (χ4v) is 4.35. The Bertz CT molecular complexity index is 828. The molecule has 0 spiro atoms. The second kappa shape index (κ2) is 6.51. The number of rotatable bonds is 1. The number of benzene rings is 2. The summed E-state index contributed by atoms with van der Waals surface area (Å²) < 4.78 is 13.9. The highest BCUT2D eigenvalue weighted by Crippen LogP contribution is 2.37. The molecule has 1 aliphatic heterocycles. The molecular formula is C22H26BBrO2. The minimum atomic E-state index is -0.309. The molecule has 1 saturated heterocycles. The maximum Gasteiger partial charge on any atom is 0.495 e. The van der Waals surface area contributed by atoms with Crippen LogP contribution in [0.15, 0.2) is 40.9 Å². The van der Waals surface area contributed by atoms with Crippen molar-refractivity contribution in [2.24, 2.45) is 0 Å². The molecule has 136 valence electrons. The molecule has 0 unspecified atom stereocenters. The largest absolute Gasteiger partial charge is 0.495 e. The second-order valence-electron chi connectivity index (χ2n) is 8.55. The summed E-state index contributed by atoms with van der Waals surface area (Å²) in [6, 6.07) is 13.7. The van der Waals surface area contributed by atoms with Crippen molar-refractivity contribution in [3.63, 3.8) is 0 Å². The van der Waals surface area contributed by atoms with Crippen molar-refractivity contribution in [1.82, 2.24) is 0 Å². The van der Waals surface area contributed by atoms with Gasteiger partial charge in [0.1, 0.15) is 0 Å². The van der Waals surface area contributed by atoms with Crippen molar-refractivity contribution in [3.05, 3.63) is 63.1 Å². The first-order valence-electron chi connectivity index (χ1n) is 9.50. The van der Waals surface area contributed by atoms with Gasteiger partial charge < -0.3 is 9.31 Å². The van der Waals surface area contributed by atoms with Crippen LogP contribution in [0.2, 0.25) is 0 Å². The van der Waals surface area contributed by atoms with Crippen LogP contribution < -0.4 is 5.46 Å². The highest BCUT2D eigenvalue weighted by atomic mass is 79.9. The summed E-state index contributed by atoms with van der Waals surface area (Å²) in [5.74, 6) is 0. The molecule has 4 bridgehead atoms. The van der Waals surface area contributed by atoms with Gasteiger partial charge in [0.2, 0.25) is 0 Å². The lowest BCUT2D eigenvalue weighted by molar-refractivity contribution is 0.00578. The summed E-state index contributed by atoms with van der Waals surface area (Å²) in [6.07, 6.45) is 4.06. The highest BCUT2D eigenvalue weighted by Gasteiger charge is 2.52. The van der Waals surface area contributed by atoms with Gasteiger partial charge in [0.05, 0.1) is 11.2 Å². The quantitative estimate of drug-likeness (QED) is 0.635. The Balaban J connectivity index is 1.71. The van der Waals surface area contributed by atoms with Crippen LogP contribution in [-0.2, 0) is 35.0 Å². The third kappa shape index (κ3) is 3.28. The first-order valence-corrected chi connectivity index (χ1v) is 10.3. The Morgan fingerprint density at radius 1 is 0.769 bits per heavy atom. The zero-order valence-corrected chi connectivity index (χ0v) is 17.7. The van der Waals surface area contributed by atoms with Crippen molar-refractivity contribution in [1.29, 1.82) is 0 Å². The van der Waals surface area contributed by atoms with E-state index in [0.717, 1.165) is 25.7 Å². The number of halogens is 1. The SMILES string of the molecule is CC1(C)OB(c2cc3ccc2CCc2ccc(c(Br)c2)CC3)OC1(C)C. The van der Waals surface area contributed by atoms with E-state index in [-0.39, 0.29) is 18.3 Å². The predicted octanol–water partition coefficient (Wildman–Crippen LogP) is 4.63. The monoisotopic (exact) mass is 412 g/mol. The molecule has 0 aromatic heterocycles. The fraction of sp³-hybridized carbons (Fsp3) is 0.455. The highest BCUT2D eigenvalue weighted by molar-refractivity contribution is 9.10. The van der Waals surface area contributed by atoms with E-state index < -0.39 is 0 Å². The molecule has 2 aromatic rings. The lowest BCUT2D eigenvalue weighted by Crippen LogP contribution is -2.41. The van der Waals surface area contributed by atoms with Crippen LogP contribution in [0.1, 0.15) is 49.9 Å². The van der Waals surface area contributed by atoms with Gasteiger partial charge in [0, 0.05) is 4.47 Å². The van der Waals surface area contributed by atoms with Gasteiger partial charge in [0.25, 0.3) is 0 Å². The average Bonchev–Trinajstić information content (AvgIpc) is 2.78. The van der Waals surface area contributed by atoms with Crippen molar-refractivity contribution in [2.75, 3.05) is 0 Å². The standard InChI is InChI=1S/C22H26BBrO2/c1-21(2)22(3,4)26-23(25-21)19-13-15-5-9-17(19)10-6-16-8-12-18(11-7-15)20(24)14-16/h5,8-9,12-14H,6-7,10-11H2,1-4H3. The van der Waals surface area contributed by atoms with Crippen molar-refractivity contribution in [3.8, 4) is 0 Å². The summed E-state index contributed by atoms with van der Waals surface area (Å²) >= 11 is 3.74. The number of aryl methyl sites for hydroxylation is 4. The Morgan fingerprint density at radius 3 is 1.92 bits per heavy atom. The van der Waals surface area contributed by atoms with E-state index in [4.69, 9.17) is 9.31 Å². The molecule has 1 fully saturated rings. The van der Waals surface area contributed by atoms with Gasteiger partial charge in [0.15, 0.2) is 0 Å². The van der Waals surface area contributed by atoms with E-state index in [1.807, 2.05) is 0 Å². The summed E-state index contributed by atoms with van der Waals surface area (Å²) in [6.45, 7) is 8.47. The molecule has 0 N–H and O–H groups in total. The van der Waals surface area contributed by atoms with Crippen molar-refractivity contribution in [2.45, 2.75) is 64.6 Å². The Labute approximate surface area is 165 Å². The molecule has 26 heavy (non-hydrogen) atoms. The third-order valence-electron chi connectivity index (χ3n) is 6.20. The van der Waals surface area contributed by atoms with Crippen LogP contribution in [-0.4, -0.2) is 18.3 Å². The summed E-state index contributed by atoms with van der Waals surface area (Å²) in [4.78, 5) is 0. The van der Waals surface area contributed by atoms with Crippen LogP contribution in [0.4, 0.5) is 0 Å². The summed E-state index contributed by atoms with van der Waals surface area (Å²) in [5, 5.41) is 0. The lowest BCUT2D eigenvalue weighted by Gasteiger charge is -2.32. The van der Waals surface area contributed by atoms with Crippen LogP contribution in [0.5, 0.6) is 0 Å². The van der Waals surface area contributed by atoms with Crippen LogP contribution in [0.3, 0.4) is 0 Å². The van der Waals surface area contributed by atoms with E-state index in [1.165, 1.54) is 32.2 Å². The molecule has 4 aliphatic carbocycles. The minimum absolute atomic E-state index is 0.287. The normalized spacial score (nSPS) is 20.9. The van der Waals surface area contributed by atoms with Crippen molar-refractivity contribution < 1.29 is 9.31 Å². The molecule has 0 radical (unpaired) electrons. The number of hydrogen-bond acceptors (Lipinski definition) is 2. The van der Waals surface area contributed by atoms with Gasteiger partial charge in [-0.25, -0.2) is 0 Å². The molecule has 0 atom stereocenters. The molecule has 2 aromatic carbocycles. The van der Waals surface area contributed by atoms with E-state index in [2.05, 4.69) is 80.0 Å². The van der Waals surface area contributed by atoms with Gasteiger partial charge >= 0.3 is 7.12 Å². The van der Waals surface area contributed by atoms with E-state index in [0.29, 0.717) is 0 Å². The maximum absolute atomic E-state index is 6.36. The fourth-order valence-electron chi connectivity index (χ4n) is 3.72. The smallest absolute Gasteiger partial charge is 0.399 e. The Kier molecular flexibility index (Phi) is 4.57. The van der Waals surface area contributed by atoms with Gasteiger partial charge in [-0.05, 0) is 87.2 Å². The van der Waals surface area contributed by atoms with Gasteiger partial charge in [-0.15, -0.1) is 0 Å². The summed E-state index contributed by atoms with van der Waals surface area (Å²) in [5.41, 5.74) is 5.99. The molecule has 1 heterocycles. The van der Waals surface area contributed by atoms with Gasteiger partial charge in [-0.3, -0.25) is 0 Å². The molecular weight excluding hydrogens is 387 g/mol. The van der Waals surface area contributed by atoms with Gasteiger partial charge in [-0.2, -0.15) is 0 Å². The maximum atomic E-state index is 6.36.